The monoisotopic (exact) mass is 396 g/mol. The molecule has 0 saturated heterocycles. The summed E-state index contributed by atoms with van der Waals surface area (Å²) in [6.45, 7) is 12.0. The fourth-order valence-corrected chi connectivity index (χ4v) is 1.69. The van der Waals surface area contributed by atoms with Crippen LogP contribution in [0.15, 0.2) is 42.2 Å². The third kappa shape index (κ3) is 15.9. The molecule has 0 heterocycles. The SMILES string of the molecule is CN(C)NC=[C](N=NC(C)(C)C)[Ni][C](=CNN(C)C)N=NC(C)(C)C. The van der Waals surface area contributed by atoms with Crippen molar-refractivity contribution < 1.29 is 14.4 Å². The molecule has 0 atom stereocenters. The Bertz CT molecular complexity index is 461. The Balaban J connectivity index is 5.48. The quantitative estimate of drug-likeness (QED) is 0.374. The predicted molar refractivity (Wildman–Crippen MR) is 99.0 cm³/mol. The summed E-state index contributed by atoms with van der Waals surface area (Å²) in [7, 11) is 7.63. The van der Waals surface area contributed by atoms with Gasteiger partial charge in [-0.1, -0.05) is 0 Å². The number of hydrazine groups is 2. The summed E-state index contributed by atoms with van der Waals surface area (Å²) in [6, 6.07) is 0. The standard InChI is InChI=1S/2C8H17N4.Ni/c2*1-8(2,3)11-9-6-7-10-12(4)5;/h2*7,10H,1-5H3;. The van der Waals surface area contributed by atoms with Gasteiger partial charge in [0.2, 0.25) is 0 Å². The van der Waals surface area contributed by atoms with Crippen LogP contribution in [-0.2, 0) is 14.4 Å². The zero-order valence-electron chi connectivity index (χ0n) is 17.2. The van der Waals surface area contributed by atoms with Crippen molar-refractivity contribution in [2.45, 2.75) is 52.6 Å². The van der Waals surface area contributed by atoms with Gasteiger partial charge in [-0.2, -0.15) is 0 Å². The molecule has 25 heavy (non-hydrogen) atoms. The van der Waals surface area contributed by atoms with Crippen LogP contribution in [0, 0.1) is 0 Å². The molecule has 0 aromatic rings. The Kier molecular flexibility index (Phi) is 10.1. The van der Waals surface area contributed by atoms with E-state index in [9.17, 15) is 0 Å². The second-order valence-electron chi connectivity index (χ2n) is 7.74. The van der Waals surface area contributed by atoms with Gasteiger partial charge >= 0.3 is 158 Å². The molecule has 0 bridgehead atoms. The molecule has 2 N–H and O–H groups in total. The van der Waals surface area contributed by atoms with Crippen molar-refractivity contribution in [2.24, 2.45) is 20.5 Å². The van der Waals surface area contributed by atoms with E-state index in [0.717, 1.165) is 14.4 Å². The zero-order valence-corrected chi connectivity index (χ0v) is 18.1. The molecule has 9 heteroatoms. The summed E-state index contributed by atoms with van der Waals surface area (Å²) < 4.78 is 1.41. The number of nitrogens with one attached hydrogen (secondary N) is 2. The molecule has 0 aliphatic carbocycles. The predicted octanol–water partition coefficient (Wildman–Crippen LogP) is 3.30. The average molecular weight is 397 g/mol. The maximum atomic E-state index is 4.36. The summed E-state index contributed by atoms with van der Waals surface area (Å²) >= 11 is 1.16. The molecule has 0 amide bonds. The summed E-state index contributed by atoms with van der Waals surface area (Å²) in [4.78, 5) is 0. The number of hydrogen-bond donors (Lipinski definition) is 2. The minimum atomic E-state index is -0.250. The molecule has 0 fully saturated rings. The molecule has 8 nitrogen and oxygen atoms in total. The Morgan fingerprint density at radius 2 is 1.04 bits per heavy atom. The topological polar surface area (TPSA) is 80.0 Å². The van der Waals surface area contributed by atoms with Crippen LogP contribution >= 0.6 is 0 Å². The zero-order chi connectivity index (χ0) is 19.7. The molecule has 0 unspecified atom stereocenters. The third-order valence-electron chi connectivity index (χ3n) is 1.91. The van der Waals surface area contributed by atoms with Gasteiger partial charge in [0, 0.05) is 0 Å². The van der Waals surface area contributed by atoms with Crippen molar-refractivity contribution in [1.29, 1.82) is 0 Å². The van der Waals surface area contributed by atoms with Crippen LogP contribution in [0.5, 0.6) is 0 Å². The van der Waals surface area contributed by atoms with Crippen molar-refractivity contribution in [3.05, 3.63) is 21.7 Å². The normalized spacial score (nSPS) is 15.2. The van der Waals surface area contributed by atoms with Gasteiger partial charge in [0.05, 0.1) is 0 Å². The van der Waals surface area contributed by atoms with Gasteiger partial charge in [0.25, 0.3) is 0 Å². The summed E-state index contributed by atoms with van der Waals surface area (Å²) in [6.07, 6.45) is 3.59. The summed E-state index contributed by atoms with van der Waals surface area (Å²) in [5.41, 5.74) is 5.69. The van der Waals surface area contributed by atoms with Crippen molar-refractivity contribution in [2.75, 3.05) is 28.2 Å². The third-order valence-corrected chi connectivity index (χ3v) is 2.90. The van der Waals surface area contributed by atoms with Gasteiger partial charge in [0.15, 0.2) is 0 Å². The average Bonchev–Trinajstić information content (AvgIpc) is 2.41. The second kappa shape index (κ2) is 10.6. The molecule has 0 aliphatic rings. The van der Waals surface area contributed by atoms with E-state index in [1.807, 2.05) is 79.8 Å². The number of azo groups is 2. The van der Waals surface area contributed by atoms with E-state index in [2.05, 4.69) is 31.3 Å². The van der Waals surface area contributed by atoms with E-state index >= 15 is 0 Å². The number of hydrogen-bond acceptors (Lipinski definition) is 8. The van der Waals surface area contributed by atoms with E-state index in [1.165, 1.54) is 0 Å². The first-order valence-electron chi connectivity index (χ1n) is 8.00. The van der Waals surface area contributed by atoms with Crippen LogP contribution in [-0.4, -0.2) is 49.3 Å². The summed E-state index contributed by atoms with van der Waals surface area (Å²) in [5.74, 6) is 0. The van der Waals surface area contributed by atoms with Crippen LogP contribution in [0.1, 0.15) is 41.5 Å². The molecule has 0 spiro atoms. The maximum absolute atomic E-state index is 4.36. The van der Waals surface area contributed by atoms with E-state index in [0.29, 0.717) is 9.33 Å². The van der Waals surface area contributed by atoms with Crippen LogP contribution in [0.3, 0.4) is 0 Å². The Morgan fingerprint density at radius 1 is 0.720 bits per heavy atom. The fraction of sp³-hybridized carbons (Fsp3) is 0.750. The number of rotatable bonds is 8. The van der Waals surface area contributed by atoms with Crippen LogP contribution in [0.4, 0.5) is 0 Å². The van der Waals surface area contributed by atoms with E-state index < -0.39 is 0 Å². The van der Waals surface area contributed by atoms with E-state index in [1.54, 1.807) is 12.4 Å². The first-order chi connectivity index (χ1) is 11.3. The molecule has 0 rings (SSSR count). The van der Waals surface area contributed by atoms with Gasteiger partial charge in [-0.3, -0.25) is 0 Å². The molecule has 0 aromatic carbocycles. The van der Waals surface area contributed by atoms with Crippen LogP contribution < -0.4 is 10.9 Å². The first-order valence-corrected chi connectivity index (χ1v) is 8.99. The van der Waals surface area contributed by atoms with Crippen molar-refractivity contribution >= 4 is 0 Å². The Labute approximate surface area is 158 Å². The number of nitrogens with zero attached hydrogens (tertiary/aromatic N) is 6. The molecular weight excluding hydrogens is 363 g/mol. The van der Waals surface area contributed by atoms with Gasteiger partial charge in [-0.05, 0) is 0 Å². The minimum absolute atomic E-state index is 0.250. The molecule has 148 valence electrons. The summed E-state index contributed by atoms with van der Waals surface area (Å²) in [5, 5.41) is 21.1. The van der Waals surface area contributed by atoms with Crippen molar-refractivity contribution in [3.8, 4) is 0 Å². The van der Waals surface area contributed by atoms with Gasteiger partial charge < -0.3 is 0 Å². The van der Waals surface area contributed by atoms with Gasteiger partial charge in [-0.25, -0.2) is 0 Å². The molecule has 0 radical (unpaired) electrons. The fourth-order valence-electron chi connectivity index (χ4n) is 0.964. The molecule has 0 saturated carbocycles. The van der Waals surface area contributed by atoms with Gasteiger partial charge in [-0.15, -0.1) is 0 Å². The van der Waals surface area contributed by atoms with Crippen molar-refractivity contribution in [3.63, 3.8) is 0 Å². The Morgan fingerprint density at radius 3 is 1.28 bits per heavy atom. The van der Waals surface area contributed by atoms with Crippen LogP contribution in [0.25, 0.3) is 0 Å². The second-order valence-corrected chi connectivity index (χ2v) is 9.00. The van der Waals surface area contributed by atoms with Gasteiger partial charge in [0.1, 0.15) is 0 Å². The molecular formula is C16H34N8Ni. The van der Waals surface area contributed by atoms with E-state index in [-0.39, 0.29) is 11.1 Å². The first kappa shape index (κ1) is 23.7. The Hall–Kier alpha value is -1.31. The van der Waals surface area contributed by atoms with E-state index in [4.69, 9.17) is 0 Å². The van der Waals surface area contributed by atoms with Crippen LogP contribution in [0.2, 0.25) is 0 Å². The van der Waals surface area contributed by atoms with Crippen molar-refractivity contribution in [1.82, 2.24) is 20.9 Å². The molecule has 0 aliphatic heterocycles. The molecule has 0 aromatic heterocycles.